The van der Waals surface area contributed by atoms with E-state index >= 15 is 0 Å². The van der Waals surface area contributed by atoms with Crippen LogP contribution in [0.4, 0.5) is 0 Å². The highest BCUT2D eigenvalue weighted by atomic mass is 16.4. The minimum absolute atomic E-state index is 0.0753. The molecule has 1 heterocycles. The van der Waals surface area contributed by atoms with Crippen molar-refractivity contribution in [2.45, 2.75) is 38.6 Å². The summed E-state index contributed by atoms with van der Waals surface area (Å²) in [6.07, 6.45) is 3.77. The van der Waals surface area contributed by atoms with E-state index in [1.54, 1.807) is 6.92 Å². The lowest BCUT2D eigenvalue weighted by Crippen LogP contribution is -2.41. The molecular formula is C19H26N2O3. The second-order valence-corrected chi connectivity index (χ2v) is 7.44. The molecule has 2 aliphatic rings. The molecule has 0 saturated carbocycles. The fourth-order valence-corrected chi connectivity index (χ4v) is 3.97. The van der Waals surface area contributed by atoms with Crippen LogP contribution in [0.15, 0.2) is 24.3 Å². The van der Waals surface area contributed by atoms with Gasteiger partial charge >= 0.3 is 5.97 Å². The SMILES string of the molecule is CN(C(=O)CN1CC[C@@](C)(C(=O)O)C1)[C@H]1CCCc2ccccc21. The predicted octanol–water partition coefficient (Wildman–Crippen LogP) is 2.32. The van der Waals surface area contributed by atoms with Gasteiger partial charge in [0.2, 0.25) is 5.91 Å². The van der Waals surface area contributed by atoms with Gasteiger partial charge in [0.1, 0.15) is 0 Å². The second-order valence-electron chi connectivity index (χ2n) is 7.44. The number of carbonyl (C=O) groups is 2. The summed E-state index contributed by atoms with van der Waals surface area (Å²) in [6.45, 7) is 3.19. The number of nitrogens with zero attached hydrogens (tertiary/aromatic N) is 2. The zero-order valence-electron chi connectivity index (χ0n) is 14.5. The number of benzene rings is 1. The molecule has 1 amide bonds. The van der Waals surface area contributed by atoms with Gasteiger partial charge in [0.15, 0.2) is 0 Å². The van der Waals surface area contributed by atoms with Crippen molar-refractivity contribution in [3.63, 3.8) is 0 Å². The number of hydrogen-bond donors (Lipinski definition) is 1. The molecule has 1 aromatic carbocycles. The number of amides is 1. The van der Waals surface area contributed by atoms with Crippen LogP contribution in [-0.4, -0.2) is 53.5 Å². The zero-order valence-corrected chi connectivity index (χ0v) is 14.5. The molecule has 2 atom stereocenters. The fraction of sp³-hybridized carbons (Fsp3) is 0.579. The van der Waals surface area contributed by atoms with Gasteiger partial charge in [0, 0.05) is 13.6 Å². The number of rotatable bonds is 4. The first-order valence-corrected chi connectivity index (χ1v) is 8.70. The van der Waals surface area contributed by atoms with Crippen molar-refractivity contribution < 1.29 is 14.7 Å². The Hall–Kier alpha value is -1.88. The van der Waals surface area contributed by atoms with Crippen molar-refractivity contribution in [1.82, 2.24) is 9.80 Å². The van der Waals surface area contributed by atoms with E-state index in [-0.39, 0.29) is 11.9 Å². The Morgan fingerprint density at radius 1 is 1.38 bits per heavy atom. The molecule has 1 aliphatic heterocycles. The van der Waals surface area contributed by atoms with E-state index in [1.807, 2.05) is 22.9 Å². The van der Waals surface area contributed by atoms with E-state index in [0.29, 0.717) is 26.1 Å². The molecule has 0 spiro atoms. The molecule has 1 aliphatic carbocycles. The first-order chi connectivity index (χ1) is 11.4. The molecule has 1 fully saturated rings. The number of fused-ring (bicyclic) bond motifs is 1. The molecule has 0 radical (unpaired) electrons. The quantitative estimate of drug-likeness (QED) is 0.920. The summed E-state index contributed by atoms with van der Waals surface area (Å²) in [4.78, 5) is 27.9. The predicted molar refractivity (Wildman–Crippen MR) is 91.7 cm³/mol. The van der Waals surface area contributed by atoms with Crippen molar-refractivity contribution in [2.24, 2.45) is 5.41 Å². The maximum absolute atomic E-state index is 12.7. The van der Waals surface area contributed by atoms with Crippen LogP contribution >= 0.6 is 0 Å². The molecule has 24 heavy (non-hydrogen) atoms. The van der Waals surface area contributed by atoms with E-state index in [0.717, 1.165) is 19.3 Å². The van der Waals surface area contributed by atoms with Crippen molar-refractivity contribution in [1.29, 1.82) is 0 Å². The first kappa shape index (κ1) is 17.0. The van der Waals surface area contributed by atoms with Gasteiger partial charge in [-0.3, -0.25) is 14.5 Å². The number of carboxylic acid groups (broad SMARTS) is 1. The Labute approximate surface area is 143 Å². The van der Waals surface area contributed by atoms with Crippen LogP contribution in [0.1, 0.15) is 43.4 Å². The van der Waals surface area contributed by atoms with E-state index in [4.69, 9.17) is 0 Å². The van der Waals surface area contributed by atoms with Crippen LogP contribution in [0.5, 0.6) is 0 Å². The van der Waals surface area contributed by atoms with Gasteiger partial charge in [-0.05, 0) is 50.3 Å². The van der Waals surface area contributed by atoms with Crippen LogP contribution in [0.2, 0.25) is 0 Å². The average molecular weight is 330 g/mol. The average Bonchev–Trinajstić information content (AvgIpc) is 2.96. The Balaban J connectivity index is 1.65. The van der Waals surface area contributed by atoms with Gasteiger partial charge in [0.25, 0.3) is 0 Å². The molecule has 5 heteroatoms. The number of hydrogen-bond acceptors (Lipinski definition) is 3. The maximum atomic E-state index is 12.7. The van der Waals surface area contributed by atoms with Gasteiger partial charge in [0.05, 0.1) is 18.0 Å². The summed E-state index contributed by atoms with van der Waals surface area (Å²) in [6, 6.07) is 8.50. The molecule has 0 bridgehead atoms. The van der Waals surface area contributed by atoms with Crippen molar-refractivity contribution >= 4 is 11.9 Å². The lowest BCUT2D eigenvalue weighted by atomic mass is 9.87. The third-order valence-electron chi connectivity index (χ3n) is 5.63. The van der Waals surface area contributed by atoms with Gasteiger partial charge in [-0.15, -0.1) is 0 Å². The fourth-order valence-electron chi connectivity index (χ4n) is 3.97. The lowest BCUT2D eigenvalue weighted by Gasteiger charge is -2.34. The van der Waals surface area contributed by atoms with Crippen LogP contribution in [-0.2, 0) is 16.0 Å². The Kier molecular flexibility index (Phi) is 4.63. The summed E-state index contributed by atoms with van der Waals surface area (Å²) in [5, 5.41) is 9.32. The van der Waals surface area contributed by atoms with Gasteiger partial charge < -0.3 is 10.0 Å². The molecule has 0 unspecified atom stereocenters. The Morgan fingerprint density at radius 3 is 2.83 bits per heavy atom. The maximum Gasteiger partial charge on any atom is 0.310 e. The molecule has 130 valence electrons. The highest BCUT2D eigenvalue weighted by Gasteiger charge is 2.41. The molecule has 1 N–H and O–H groups in total. The summed E-state index contributed by atoms with van der Waals surface area (Å²) in [7, 11) is 1.88. The number of carbonyl (C=O) groups excluding carboxylic acids is 1. The monoisotopic (exact) mass is 330 g/mol. The number of aryl methyl sites for hydroxylation is 1. The van der Waals surface area contributed by atoms with Crippen LogP contribution < -0.4 is 0 Å². The van der Waals surface area contributed by atoms with Crippen molar-refractivity contribution in [3.8, 4) is 0 Å². The zero-order chi connectivity index (χ0) is 17.3. The van der Waals surface area contributed by atoms with Crippen LogP contribution in [0.3, 0.4) is 0 Å². The second kappa shape index (κ2) is 6.55. The number of carboxylic acids is 1. The normalized spacial score (nSPS) is 26.8. The van der Waals surface area contributed by atoms with Crippen LogP contribution in [0, 0.1) is 5.41 Å². The Morgan fingerprint density at radius 2 is 2.12 bits per heavy atom. The van der Waals surface area contributed by atoms with Gasteiger partial charge in [-0.1, -0.05) is 24.3 Å². The minimum atomic E-state index is -0.771. The molecular weight excluding hydrogens is 304 g/mol. The molecule has 1 aromatic rings. The standard InChI is InChI=1S/C19H26N2O3/c1-19(18(23)24)10-11-21(13-19)12-17(22)20(2)16-9-5-7-14-6-3-4-8-15(14)16/h3-4,6,8,16H,5,7,9-13H2,1-2H3,(H,23,24)/t16-,19+/m0/s1. The summed E-state index contributed by atoms with van der Waals surface area (Å²) < 4.78 is 0. The number of likely N-dealkylation sites (N-methyl/N-ethyl adjacent to an activating group) is 1. The van der Waals surface area contributed by atoms with E-state index in [1.165, 1.54) is 11.1 Å². The topological polar surface area (TPSA) is 60.9 Å². The summed E-state index contributed by atoms with van der Waals surface area (Å²) in [5.74, 6) is -0.696. The van der Waals surface area contributed by atoms with Crippen LogP contribution in [0.25, 0.3) is 0 Å². The van der Waals surface area contributed by atoms with E-state index in [9.17, 15) is 14.7 Å². The highest BCUT2D eigenvalue weighted by molar-refractivity contribution is 5.79. The minimum Gasteiger partial charge on any atom is -0.481 e. The smallest absolute Gasteiger partial charge is 0.310 e. The van der Waals surface area contributed by atoms with E-state index < -0.39 is 11.4 Å². The summed E-state index contributed by atoms with van der Waals surface area (Å²) in [5.41, 5.74) is 1.88. The van der Waals surface area contributed by atoms with Gasteiger partial charge in [-0.2, -0.15) is 0 Å². The number of likely N-dealkylation sites (tertiary alicyclic amines) is 1. The number of aliphatic carboxylic acids is 1. The third-order valence-corrected chi connectivity index (χ3v) is 5.63. The van der Waals surface area contributed by atoms with E-state index in [2.05, 4.69) is 18.2 Å². The van der Waals surface area contributed by atoms with Crippen molar-refractivity contribution in [3.05, 3.63) is 35.4 Å². The first-order valence-electron chi connectivity index (χ1n) is 8.70. The lowest BCUT2D eigenvalue weighted by molar-refractivity contribution is -0.147. The molecule has 5 nitrogen and oxygen atoms in total. The van der Waals surface area contributed by atoms with Gasteiger partial charge in [-0.25, -0.2) is 0 Å². The highest BCUT2D eigenvalue weighted by Crippen LogP contribution is 2.34. The van der Waals surface area contributed by atoms with Crippen molar-refractivity contribution in [2.75, 3.05) is 26.7 Å². The molecule has 0 aromatic heterocycles. The summed E-state index contributed by atoms with van der Waals surface area (Å²) >= 11 is 0. The third kappa shape index (κ3) is 3.18. The largest absolute Gasteiger partial charge is 0.481 e. The molecule has 1 saturated heterocycles. The molecule has 3 rings (SSSR count). The Bertz CT molecular complexity index is 645.